The molecule has 2 aromatic rings. The highest BCUT2D eigenvalue weighted by molar-refractivity contribution is 7.20. The molecule has 102 valence electrons. The van der Waals surface area contributed by atoms with E-state index in [1.54, 1.807) is 6.07 Å². The summed E-state index contributed by atoms with van der Waals surface area (Å²) in [5.41, 5.74) is 0.680. The fraction of sp³-hybridized carbons (Fsp3) is 0.0769. The Bertz CT molecular complexity index is 706. The van der Waals surface area contributed by atoms with Crippen LogP contribution in [0.2, 0.25) is 13.7 Å². The SMILES string of the molecule is N#Cc1ccc(OCC(=O)c2cc(Cl)sc2Cl)cc1Cl. The van der Waals surface area contributed by atoms with Crippen molar-refractivity contribution >= 4 is 51.9 Å². The van der Waals surface area contributed by atoms with Gasteiger partial charge in [-0.15, -0.1) is 11.3 Å². The van der Waals surface area contributed by atoms with Crippen LogP contribution >= 0.6 is 46.1 Å². The summed E-state index contributed by atoms with van der Waals surface area (Å²) >= 11 is 18.7. The minimum absolute atomic E-state index is 0.186. The van der Waals surface area contributed by atoms with Crippen molar-refractivity contribution in [1.82, 2.24) is 0 Å². The molecule has 7 heteroatoms. The van der Waals surface area contributed by atoms with Crippen LogP contribution in [-0.2, 0) is 0 Å². The molecule has 0 aliphatic rings. The Labute approximate surface area is 134 Å². The number of carbonyl (C=O) groups excluding carboxylic acids is 1. The molecule has 0 atom stereocenters. The van der Waals surface area contributed by atoms with Crippen LogP contribution in [0.5, 0.6) is 5.75 Å². The van der Waals surface area contributed by atoms with Gasteiger partial charge >= 0.3 is 0 Å². The lowest BCUT2D eigenvalue weighted by Gasteiger charge is -2.06. The van der Waals surface area contributed by atoms with Gasteiger partial charge in [-0.25, -0.2) is 0 Å². The molecule has 1 aromatic carbocycles. The Morgan fingerprint density at radius 2 is 2.05 bits per heavy atom. The third kappa shape index (κ3) is 3.44. The number of benzene rings is 1. The molecule has 0 bridgehead atoms. The highest BCUT2D eigenvalue weighted by Gasteiger charge is 2.15. The maximum atomic E-state index is 11.9. The van der Waals surface area contributed by atoms with Crippen LogP contribution in [0.25, 0.3) is 0 Å². The Balaban J connectivity index is 2.06. The summed E-state index contributed by atoms with van der Waals surface area (Å²) in [6.07, 6.45) is 0. The largest absolute Gasteiger partial charge is 0.485 e. The molecule has 1 heterocycles. The molecule has 0 spiro atoms. The van der Waals surface area contributed by atoms with Gasteiger partial charge in [-0.05, 0) is 18.2 Å². The van der Waals surface area contributed by atoms with Gasteiger partial charge in [0.1, 0.15) is 16.2 Å². The summed E-state index contributed by atoms with van der Waals surface area (Å²) < 4.78 is 6.11. The lowest BCUT2D eigenvalue weighted by atomic mass is 10.2. The second-order valence-electron chi connectivity index (χ2n) is 3.70. The van der Waals surface area contributed by atoms with Gasteiger partial charge in [-0.1, -0.05) is 34.8 Å². The van der Waals surface area contributed by atoms with E-state index < -0.39 is 0 Å². The van der Waals surface area contributed by atoms with Crippen LogP contribution in [-0.4, -0.2) is 12.4 Å². The van der Waals surface area contributed by atoms with E-state index in [0.29, 0.717) is 25.5 Å². The Morgan fingerprint density at radius 1 is 1.30 bits per heavy atom. The normalized spacial score (nSPS) is 10.1. The second-order valence-corrected chi connectivity index (χ2v) is 6.40. The molecule has 1 aromatic heterocycles. The molecule has 0 aliphatic carbocycles. The highest BCUT2D eigenvalue weighted by atomic mass is 35.5. The van der Waals surface area contributed by atoms with Crippen molar-refractivity contribution in [3.8, 4) is 11.8 Å². The van der Waals surface area contributed by atoms with Crippen molar-refractivity contribution < 1.29 is 9.53 Å². The van der Waals surface area contributed by atoms with Crippen molar-refractivity contribution in [3.05, 3.63) is 49.1 Å². The maximum Gasteiger partial charge on any atom is 0.202 e. The van der Waals surface area contributed by atoms with Crippen LogP contribution in [0.15, 0.2) is 24.3 Å². The van der Waals surface area contributed by atoms with Gasteiger partial charge in [0.15, 0.2) is 6.61 Å². The number of ether oxygens (including phenoxy) is 1. The molecule has 0 fully saturated rings. The topological polar surface area (TPSA) is 50.1 Å². The summed E-state index contributed by atoms with van der Waals surface area (Å²) in [6, 6.07) is 8.02. The molecule has 0 aliphatic heterocycles. The third-order valence-electron chi connectivity index (χ3n) is 2.39. The molecule has 0 saturated carbocycles. The molecule has 0 unspecified atom stereocenters. The van der Waals surface area contributed by atoms with Crippen LogP contribution in [0.1, 0.15) is 15.9 Å². The lowest BCUT2D eigenvalue weighted by molar-refractivity contribution is 0.0922. The molecule has 2 rings (SSSR count). The third-order valence-corrected chi connectivity index (χ3v) is 4.19. The van der Waals surface area contributed by atoms with Crippen LogP contribution in [0.4, 0.5) is 0 Å². The first-order valence-corrected chi connectivity index (χ1v) is 7.27. The summed E-state index contributed by atoms with van der Waals surface area (Å²) in [4.78, 5) is 11.9. The predicted octanol–water partition coefficient (Wildman–Crippen LogP) is 4.84. The molecule has 0 radical (unpaired) electrons. The van der Waals surface area contributed by atoms with Crippen molar-refractivity contribution in [2.75, 3.05) is 6.61 Å². The number of halogens is 3. The lowest BCUT2D eigenvalue weighted by Crippen LogP contribution is -2.11. The average molecular weight is 347 g/mol. The number of nitriles is 1. The van der Waals surface area contributed by atoms with E-state index in [1.165, 1.54) is 18.2 Å². The number of thiophene rings is 1. The summed E-state index contributed by atoms with van der Waals surface area (Å²) in [7, 11) is 0. The van der Waals surface area contributed by atoms with Gasteiger partial charge in [-0.3, -0.25) is 4.79 Å². The molecule has 3 nitrogen and oxygen atoms in total. The van der Waals surface area contributed by atoms with Gasteiger partial charge in [0.2, 0.25) is 5.78 Å². The molecule has 0 N–H and O–H groups in total. The average Bonchev–Trinajstić information content (AvgIpc) is 2.75. The number of hydrogen-bond donors (Lipinski definition) is 0. The first kappa shape index (κ1) is 15.1. The smallest absolute Gasteiger partial charge is 0.202 e. The number of rotatable bonds is 4. The van der Waals surface area contributed by atoms with Crippen LogP contribution in [0.3, 0.4) is 0 Å². The summed E-state index contributed by atoms with van der Waals surface area (Å²) in [5, 5.41) is 9.03. The fourth-order valence-corrected chi connectivity index (χ4v) is 3.15. The van der Waals surface area contributed by atoms with Crippen molar-refractivity contribution in [3.63, 3.8) is 0 Å². The van der Waals surface area contributed by atoms with Gasteiger partial charge in [-0.2, -0.15) is 5.26 Å². The van der Waals surface area contributed by atoms with Crippen molar-refractivity contribution in [1.29, 1.82) is 5.26 Å². The predicted molar refractivity (Wildman–Crippen MR) is 80.3 cm³/mol. The van der Waals surface area contributed by atoms with E-state index >= 15 is 0 Å². The monoisotopic (exact) mass is 345 g/mol. The Hall–Kier alpha value is -1.25. The van der Waals surface area contributed by atoms with Gasteiger partial charge in [0.25, 0.3) is 0 Å². The van der Waals surface area contributed by atoms with Gasteiger partial charge in [0, 0.05) is 6.07 Å². The molecule has 0 amide bonds. The zero-order valence-electron chi connectivity index (χ0n) is 9.82. The van der Waals surface area contributed by atoms with E-state index in [2.05, 4.69) is 0 Å². The standard InChI is InChI=1S/C13H6Cl3NO2S/c14-10-3-8(2-1-7(10)5-17)19-6-11(18)9-4-12(15)20-13(9)16/h1-4H,6H2. The van der Waals surface area contributed by atoms with Crippen LogP contribution in [0, 0.1) is 11.3 Å². The highest BCUT2D eigenvalue weighted by Crippen LogP contribution is 2.31. The Morgan fingerprint density at radius 3 is 2.60 bits per heavy atom. The van der Waals surface area contributed by atoms with E-state index in [-0.39, 0.29) is 17.4 Å². The quantitative estimate of drug-likeness (QED) is 0.744. The number of hydrogen-bond acceptors (Lipinski definition) is 4. The summed E-state index contributed by atoms with van der Waals surface area (Å²) in [5.74, 6) is 0.124. The first-order valence-electron chi connectivity index (χ1n) is 5.31. The molecule has 20 heavy (non-hydrogen) atoms. The van der Waals surface area contributed by atoms with Crippen LogP contribution < -0.4 is 4.74 Å². The number of nitrogens with zero attached hydrogens (tertiary/aromatic N) is 1. The molecular formula is C13H6Cl3NO2S. The number of ketones is 1. The number of Topliss-reactive ketones (excluding diaryl/α,β-unsaturated/α-hetero) is 1. The maximum absolute atomic E-state index is 11.9. The minimum Gasteiger partial charge on any atom is -0.485 e. The van der Waals surface area contributed by atoms with E-state index in [4.69, 9.17) is 44.8 Å². The van der Waals surface area contributed by atoms with Gasteiger partial charge in [0.05, 0.1) is 20.5 Å². The minimum atomic E-state index is -0.279. The van der Waals surface area contributed by atoms with E-state index in [9.17, 15) is 4.79 Å². The zero-order valence-corrected chi connectivity index (χ0v) is 12.9. The van der Waals surface area contributed by atoms with Crippen molar-refractivity contribution in [2.24, 2.45) is 0 Å². The Kier molecular flexibility index (Phi) is 4.90. The van der Waals surface area contributed by atoms with E-state index in [1.807, 2.05) is 6.07 Å². The molecular weight excluding hydrogens is 341 g/mol. The van der Waals surface area contributed by atoms with Crippen molar-refractivity contribution in [2.45, 2.75) is 0 Å². The first-order chi connectivity index (χ1) is 9.51. The second kappa shape index (κ2) is 6.47. The number of carbonyl (C=O) groups is 1. The molecule has 0 saturated heterocycles. The zero-order chi connectivity index (χ0) is 14.7. The fourth-order valence-electron chi connectivity index (χ4n) is 1.43. The summed E-state index contributed by atoms with van der Waals surface area (Å²) in [6.45, 7) is -0.186. The van der Waals surface area contributed by atoms with Gasteiger partial charge < -0.3 is 4.74 Å². The van der Waals surface area contributed by atoms with E-state index in [0.717, 1.165) is 11.3 Å².